The third-order valence-electron chi connectivity index (χ3n) is 3.51. The molecule has 0 aromatic heterocycles. The largest absolute Gasteiger partial charge is 0.346 e. The second-order valence-electron chi connectivity index (χ2n) is 5.70. The molecule has 1 heterocycles. The van der Waals surface area contributed by atoms with Crippen molar-refractivity contribution in [3.8, 4) is 0 Å². The number of likely N-dealkylation sites (N-methyl/N-ethyl adjacent to an activating group) is 1. The Morgan fingerprint density at radius 2 is 2.00 bits per heavy atom. The maximum atomic E-state index is 12.0. The Morgan fingerprint density at radius 1 is 1.36 bits per heavy atom. The number of nitrogens with one attached hydrogen (secondary N) is 2. The Morgan fingerprint density at radius 3 is 2.55 bits per heavy atom. The van der Waals surface area contributed by atoms with E-state index in [0.717, 1.165) is 14.9 Å². The first-order valence-corrected chi connectivity index (χ1v) is 10.00. The highest BCUT2D eigenvalue weighted by Gasteiger charge is 2.37. The van der Waals surface area contributed by atoms with Crippen LogP contribution in [0.3, 0.4) is 0 Å². The monoisotopic (exact) mass is 409 g/mol. The molecule has 0 spiro atoms. The van der Waals surface area contributed by atoms with E-state index in [2.05, 4.69) is 21.2 Å². The van der Waals surface area contributed by atoms with E-state index in [1.807, 2.05) is 31.3 Å². The second kappa shape index (κ2) is 7.29. The van der Waals surface area contributed by atoms with Gasteiger partial charge in [0.25, 0.3) is 5.91 Å². The van der Waals surface area contributed by atoms with Crippen LogP contribution < -0.4 is 10.2 Å². The predicted molar refractivity (Wildman–Crippen MR) is 89.8 cm³/mol. The number of halogens is 2. The van der Waals surface area contributed by atoms with Crippen LogP contribution in [-0.2, 0) is 21.2 Å². The van der Waals surface area contributed by atoms with Crippen molar-refractivity contribution >= 4 is 43.3 Å². The van der Waals surface area contributed by atoms with Gasteiger partial charge in [0, 0.05) is 10.0 Å². The smallest absolute Gasteiger partial charge is 0.275 e. The zero-order chi connectivity index (χ0) is 16.3. The van der Waals surface area contributed by atoms with Gasteiger partial charge >= 0.3 is 0 Å². The molecular weight excluding hydrogens is 392 g/mol. The van der Waals surface area contributed by atoms with Crippen molar-refractivity contribution in [2.45, 2.75) is 18.0 Å². The molecule has 2 N–H and O–H groups in total. The molecule has 2 rings (SSSR count). The van der Waals surface area contributed by atoms with Crippen LogP contribution in [0, 0.1) is 0 Å². The Hall–Kier alpha value is -0.630. The molecule has 3 atom stereocenters. The molecule has 22 heavy (non-hydrogen) atoms. The van der Waals surface area contributed by atoms with E-state index >= 15 is 0 Å². The van der Waals surface area contributed by atoms with Gasteiger partial charge in [0.15, 0.2) is 16.4 Å². The summed E-state index contributed by atoms with van der Waals surface area (Å²) in [5.74, 6) is -0.317. The number of hydrogen-bond donors (Lipinski definition) is 2. The molecule has 0 bridgehead atoms. The van der Waals surface area contributed by atoms with E-state index in [4.69, 9.17) is 11.6 Å². The van der Waals surface area contributed by atoms with Crippen molar-refractivity contribution in [2.75, 3.05) is 25.1 Å². The fraction of sp³-hybridized carbons (Fsp3) is 0.500. The number of rotatable bonds is 5. The molecule has 1 unspecified atom stereocenters. The zero-order valence-corrected chi connectivity index (χ0v) is 15.3. The summed E-state index contributed by atoms with van der Waals surface area (Å²) in [5.41, 5.74) is 1.13. The Balaban J connectivity index is 1.83. The first kappa shape index (κ1) is 17.7. The molecule has 1 aromatic rings. The molecule has 1 aromatic carbocycles. The van der Waals surface area contributed by atoms with Gasteiger partial charge in [-0.15, -0.1) is 11.6 Å². The van der Waals surface area contributed by atoms with Crippen molar-refractivity contribution in [2.24, 2.45) is 0 Å². The van der Waals surface area contributed by atoms with Crippen LogP contribution in [0.15, 0.2) is 28.7 Å². The third kappa shape index (κ3) is 5.22. The van der Waals surface area contributed by atoms with Crippen molar-refractivity contribution < 1.29 is 18.1 Å². The molecule has 1 aliphatic heterocycles. The van der Waals surface area contributed by atoms with Gasteiger partial charge in [0.1, 0.15) is 6.54 Å². The summed E-state index contributed by atoms with van der Waals surface area (Å²) in [4.78, 5) is 13.0. The predicted octanol–water partition coefficient (Wildman–Crippen LogP) is -0.0156. The van der Waals surface area contributed by atoms with E-state index in [-0.39, 0.29) is 24.0 Å². The summed E-state index contributed by atoms with van der Waals surface area (Å²) in [6, 6.07) is 7.45. The fourth-order valence-corrected chi connectivity index (χ4v) is 5.30. The summed E-state index contributed by atoms with van der Waals surface area (Å²) in [6.07, 6.45) is 0. The van der Waals surface area contributed by atoms with Gasteiger partial charge < -0.3 is 10.2 Å². The number of quaternary nitrogens is 1. The number of alkyl halides is 1. The van der Waals surface area contributed by atoms with Gasteiger partial charge in [-0.2, -0.15) is 0 Å². The van der Waals surface area contributed by atoms with Crippen LogP contribution in [0.25, 0.3) is 0 Å². The second-order valence-corrected chi connectivity index (χ2v) is 9.33. The summed E-state index contributed by atoms with van der Waals surface area (Å²) < 4.78 is 24.0. The highest BCUT2D eigenvalue weighted by atomic mass is 79.9. The van der Waals surface area contributed by atoms with E-state index in [0.29, 0.717) is 6.54 Å². The van der Waals surface area contributed by atoms with Crippen LogP contribution in [-0.4, -0.2) is 50.8 Å². The van der Waals surface area contributed by atoms with Gasteiger partial charge in [-0.1, -0.05) is 28.1 Å². The lowest BCUT2D eigenvalue weighted by Gasteiger charge is -2.17. The maximum Gasteiger partial charge on any atom is 0.275 e. The Bertz CT molecular complexity index is 636. The van der Waals surface area contributed by atoms with Gasteiger partial charge in [-0.25, -0.2) is 8.42 Å². The molecule has 122 valence electrons. The molecule has 0 saturated carbocycles. The van der Waals surface area contributed by atoms with Crippen LogP contribution >= 0.6 is 27.5 Å². The molecule has 1 fully saturated rings. The highest BCUT2D eigenvalue weighted by Crippen LogP contribution is 2.17. The number of sulfone groups is 1. The summed E-state index contributed by atoms with van der Waals surface area (Å²) in [5, 5.41) is 2.19. The molecule has 8 heteroatoms. The number of hydrogen-bond acceptors (Lipinski definition) is 3. The average molecular weight is 411 g/mol. The first-order valence-electron chi connectivity index (χ1n) is 6.95. The zero-order valence-electron chi connectivity index (χ0n) is 12.2. The molecule has 0 radical (unpaired) electrons. The lowest BCUT2D eigenvalue weighted by Crippen LogP contribution is -3.09. The minimum absolute atomic E-state index is 0.0684. The lowest BCUT2D eigenvalue weighted by atomic mass is 10.2. The van der Waals surface area contributed by atoms with Crippen molar-refractivity contribution in [3.63, 3.8) is 0 Å². The van der Waals surface area contributed by atoms with E-state index < -0.39 is 21.3 Å². The minimum Gasteiger partial charge on any atom is -0.346 e. The van der Waals surface area contributed by atoms with Gasteiger partial charge in [-0.3, -0.25) is 4.79 Å². The van der Waals surface area contributed by atoms with E-state index in [9.17, 15) is 13.2 Å². The fourth-order valence-electron chi connectivity index (χ4n) is 2.48. The first-order chi connectivity index (χ1) is 10.2. The molecule has 5 nitrogen and oxygen atoms in total. The molecular formula is C14H19BrClN2O3S+. The van der Waals surface area contributed by atoms with Crippen LogP contribution in [0.2, 0.25) is 0 Å². The topological polar surface area (TPSA) is 67.7 Å². The number of amides is 1. The van der Waals surface area contributed by atoms with Crippen molar-refractivity contribution in [1.29, 1.82) is 0 Å². The van der Waals surface area contributed by atoms with Gasteiger partial charge in [0.2, 0.25) is 0 Å². The normalized spacial score (nSPS) is 24.9. The minimum atomic E-state index is -3.13. The number of carbonyl (C=O) groups excluding carboxylic acids is 1. The Labute approximate surface area is 144 Å². The summed E-state index contributed by atoms with van der Waals surface area (Å²) in [6.45, 7) is 0.990. The molecule has 0 aliphatic carbocycles. The number of carbonyl (C=O) groups is 1. The molecule has 1 saturated heterocycles. The highest BCUT2D eigenvalue weighted by molar-refractivity contribution is 9.10. The summed E-state index contributed by atoms with van der Waals surface area (Å²) >= 11 is 9.37. The Kier molecular flexibility index (Phi) is 5.87. The molecule has 1 aliphatic rings. The van der Waals surface area contributed by atoms with Crippen molar-refractivity contribution in [3.05, 3.63) is 34.3 Å². The lowest BCUT2D eigenvalue weighted by molar-refractivity contribution is -0.885. The molecule has 1 amide bonds. The third-order valence-corrected chi connectivity index (χ3v) is 6.42. The standard InChI is InChI=1S/C14H18BrClN2O3S/c1-18(6-10-2-4-11(15)5-3-10)7-14(19)17-13-9-22(20,21)8-12(13)16/h2-5,12-13H,6-9H2,1H3,(H,17,19)/p+1/t12-,13+/m0/s1. The van der Waals surface area contributed by atoms with Crippen molar-refractivity contribution in [1.82, 2.24) is 5.32 Å². The van der Waals surface area contributed by atoms with Gasteiger partial charge in [-0.05, 0) is 12.1 Å². The average Bonchev–Trinajstić information content (AvgIpc) is 2.64. The SMILES string of the molecule is C[NH+](CC(=O)N[C@@H]1CS(=O)(=O)C[C@@H]1Cl)Cc1ccc(Br)cc1. The summed E-state index contributed by atoms with van der Waals surface area (Å²) in [7, 11) is -1.21. The van der Waals surface area contributed by atoms with Crippen LogP contribution in [0.1, 0.15) is 5.56 Å². The maximum absolute atomic E-state index is 12.0. The van der Waals surface area contributed by atoms with Gasteiger partial charge in [0.05, 0.1) is 30.0 Å². The quantitative estimate of drug-likeness (QED) is 0.671. The van der Waals surface area contributed by atoms with E-state index in [1.54, 1.807) is 0 Å². The van der Waals surface area contributed by atoms with E-state index in [1.165, 1.54) is 0 Å². The van der Waals surface area contributed by atoms with Crippen LogP contribution in [0.5, 0.6) is 0 Å². The number of benzene rings is 1. The van der Waals surface area contributed by atoms with Crippen LogP contribution in [0.4, 0.5) is 0 Å².